The molecule has 50 heavy (non-hydrogen) atoms. The van der Waals surface area contributed by atoms with Gasteiger partial charge in [-0.2, -0.15) is 0 Å². The number of nitrogens with zero attached hydrogens (tertiary/aromatic N) is 1. The number of hydrogen-bond acceptors (Lipinski definition) is 1. The second-order valence-corrected chi connectivity index (χ2v) is 13.7. The Balaban J connectivity index is 1.22. The van der Waals surface area contributed by atoms with Crippen LogP contribution in [0, 0.1) is 0 Å². The Morgan fingerprint density at radius 1 is 0.380 bits per heavy atom. The summed E-state index contributed by atoms with van der Waals surface area (Å²) in [6.45, 7) is 4.71. The number of fused-ring (bicyclic) bond motifs is 4. The Bertz CT molecular complexity index is 2500. The first kappa shape index (κ1) is 29.9. The van der Waals surface area contributed by atoms with Crippen LogP contribution in [0.25, 0.3) is 55.3 Å². The third-order valence-electron chi connectivity index (χ3n) is 10.5. The highest BCUT2D eigenvalue weighted by molar-refractivity contribution is 6.03. The van der Waals surface area contributed by atoms with Crippen molar-refractivity contribution in [1.29, 1.82) is 0 Å². The summed E-state index contributed by atoms with van der Waals surface area (Å²) in [6, 6.07) is 68.5. The van der Waals surface area contributed by atoms with Gasteiger partial charge in [0.2, 0.25) is 0 Å². The zero-order chi connectivity index (χ0) is 33.7. The standard InChI is InChI=1S/C49H37N/c1-49(2)44-25-10-8-23-43(44)48-42(24-14-26-45(48)49)41-22-9-11-27-47(41)50(46-28-13-18-36-17-6-7-21-40(36)46)39-31-29-35(30-32-39)38-20-12-19-37(33-38)34-15-4-3-5-16-34/h3-33H,1-2H3. The summed E-state index contributed by atoms with van der Waals surface area (Å²) in [5, 5.41) is 2.44. The fourth-order valence-electron chi connectivity index (χ4n) is 8.00. The molecule has 0 atom stereocenters. The first-order chi connectivity index (χ1) is 24.6. The molecule has 1 nitrogen and oxygen atoms in total. The van der Waals surface area contributed by atoms with Gasteiger partial charge in [-0.25, -0.2) is 0 Å². The average molecular weight is 640 g/mol. The fourth-order valence-corrected chi connectivity index (χ4v) is 8.00. The van der Waals surface area contributed by atoms with E-state index in [0.29, 0.717) is 0 Å². The maximum absolute atomic E-state index is 2.45. The molecule has 0 saturated carbocycles. The zero-order valence-corrected chi connectivity index (χ0v) is 28.3. The van der Waals surface area contributed by atoms with Gasteiger partial charge in [0.15, 0.2) is 0 Å². The Hall–Kier alpha value is -6.18. The van der Waals surface area contributed by atoms with Crippen molar-refractivity contribution in [1.82, 2.24) is 0 Å². The maximum Gasteiger partial charge on any atom is 0.0540 e. The number of benzene rings is 8. The summed E-state index contributed by atoms with van der Waals surface area (Å²) in [5.41, 5.74) is 16.1. The molecule has 0 aromatic heterocycles. The van der Waals surface area contributed by atoms with Gasteiger partial charge in [-0.15, -0.1) is 0 Å². The molecule has 0 saturated heterocycles. The Morgan fingerprint density at radius 3 is 1.74 bits per heavy atom. The Labute approximate surface area is 294 Å². The molecule has 8 aromatic rings. The predicted octanol–water partition coefficient (Wildman–Crippen LogP) is 13.6. The summed E-state index contributed by atoms with van der Waals surface area (Å²) in [7, 11) is 0. The minimum Gasteiger partial charge on any atom is -0.309 e. The van der Waals surface area contributed by atoms with Gasteiger partial charge < -0.3 is 4.90 Å². The van der Waals surface area contributed by atoms with Gasteiger partial charge >= 0.3 is 0 Å². The second kappa shape index (κ2) is 12.1. The minimum absolute atomic E-state index is 0.0696. The van der Waals surface area contributed by atoms with Crippen LogP contribution in [0.5, 0.6) is 0 Å². The molecule has 0 heterocycles. The molecule has 0 radical (unpaired) electrons. The lowest BCUT2D eigenvalue weighted by atomic mass is 9.82. The molecular formula is C49H37N. The lowest BCUT2D eigenvalue weighted by molar-refractivity contribution is 0.660. The summed E-state index contributed by atoms with van der Waals surface area (Å²) in [5.74, 6) is 0. The van der Waals surface area contributed by atoms with E-state index in [1.807, 2.05) is 0 Å². The van der Waals surface area contributed by atoms with Crippen molar-refractivity contribution in [3.8, 4) is 44.5 Å². The molecule has 1 heteroatoms. The van der Waals surface area contributed by atoms with E-state index in [4.69, 9.17) is 0 Å². The highest BCUT2D eigenvalue weighted by atomic mass is 15.1. The maximum atomic E-state index is 2.45. The van der Waals surface area contributed by atoms with Crippen LogP contribution >= 0.6 is 0 Å². The van der Waals surface area contributed by atoms with E-state index < -0.39 is 0 Å². The highest BCUT2D eigenvalue weighted by Crippen LogP contribution is 2.54. The molecule has 0 unspecified atom stereocenters. The fraction of sp³-hybridized carbons (Fsp3) is 0.0612. The van der Waals surface area contributed by atoms with E-state index >= 15 is 0 Å². The van der Waals surface area contributed by atoms with E-state index in [9.17, 15) is 0 Å². The number of para-hydroxylation sites is 1. The van der Waals surface area contributed by atoms with Gasteiger partial charge in [0.25, 0.3) is 0 Å². The number of anilines is 3. The molecule has 0 amide bonds. The predicted molar refractivity (Wildman–Crippen MR) is 213 cm³/mol. The van der Waals surface area contributed by atoms with Crippen LogP contribution in [0.1, 0.15) is 25.0 Å². The molecule has 1 aliphatic carbocycles. The van der Waals surface area contributed by atoms with Crippen LogP contribution in [0.2, 0.25) is 0 Å². The van der Waals surface area contributed by atoms with E-state index in [2.05, 4.69) is 207 Å². The monoisotopic (exact) mass is 639 g/mol. The lowest BCUT2D eigenvalue weighted by Gasteiger charge is -2.30. The molecule has 0 bridgehead atoms. The van der Waals surface area contributed by atoms with Gasteiger partial charge in [-0.3, -0.25) is 0 Å². The van der Waals surface area contributed by atoms with Gasteiger partial charge in [0, 0.05) is 22.1 Å². The molecule has 0 N–H and O–H groups in total. The van der Waals surface area contributed by atoms with Crippen molar-refractivity contribution >= 4 is 27.8 Å². The van der Waals surface area contributed by atoms with Crippen molar-refractivity contribution in [2.24, 2.45) is 0 Å². The van der Waals surface area contributed by atoms with Crippen molar-refractivity contribution < 1.29 is 0 Å². The summed E-state index contributed by atoms with van der Waals surface area (Å²) < 4.78 is 0. The quantitative estimate of drug-likeness (QED) is 0.175. The molecular weight excluding hydrogens is 603 g/mol. The molecule has 1 aliphatic rings. The van der Waals surface area contributed by atoms with Crippen molar-refractivity contribution in [2.45, 2.75) is 19.3 Å². The highest BCUT2D eigenvalue weighted by Gasteiger charge is 2.37. The smallest absolute Gasteiger partial charge is 0.0540 e. The van der Waals surface area contributed by atoms with Crippen molar-refractivity contribution in [3.05, 3.63) is 199 Å². The van der Waals surface area contributed by atoms with Crippen molar-refractivity contribution in [2.75, 3.05) is 4.90 Å². The van der Waals surface area contributed by atoms with Crippen LogP contribution in [-0.2, 0) is 5.41 Å². The first-order valence-electron chi connectivity index (χ1n) is 17.4. The van der Waals surface area contributed by atoms with Gasteiger partial charge in [-0.1, -0.05) is 172 Å². The first-order valence-corrected chi connectivity index (χ1v) is 17.4. The summed E-state index contributed by atoms with van der Waals surface area (Å²) in [6.07, 6.45) is 0. The molecule has 0 fully saturated rings. The van der Waals surface area contributed by atoms with E-state index in [1.54, 1.807) is 0 Å². The van der Waals surface area contributed by atoms with E-state index in [-0.39, 0.29) is 5.41 Å². The third kappa shape index (κ3) is 4.94. The molecule has 0 aliphatic heterocycles. The summed E-state index contributed by atoms with van der Waals surface area (Å²) in [4.78, 5) is 2.45. The zero-order valence-electron chi connectivity index (χ0n) is 28.3. The van der Waals surface area contributed by atoms with Gasteiger partial charge in [-0.05, 0) is 85.8 Å². The van der Waals surface area contributed by atoms with Crippen LogP contribution in [0.3, 0.4) is 0 Å². The van der Waals surface area contributed by atoms with E-state index in [1.165, 1.54) is 66.4 Å². The SMILES string of the molecule is CC1(C)c2ccccc2-c2c(-c3ccccc3N(c3ccc(-c4cccc(-c5ccccc5)c4)cc3)c3cccc4ccccc34)cccc21. The van der Waals surface area contributed by atoms with Gasteiger partial charge in [0.05, 0.1) is 11.4 Å². The molecule has 9 rings (SSSR count). The Kier molecular flexibility index (Phi) is 7.21. The number of hydrogen-bond donors (Lipinski definition) is 0. The normalized spacial score (nSPS) is 12.8. The van der Waals surface area contributed by atoms with Crippen molar-refractivity contribution in [3.63, 3.8) is 0 Å². The van der Waals surface area contributed by atoms with Crippen LogP contribution < -0.4 is 4.90 Å². The van der Waals surface area contributed by atoms with Crippen LogP contribution in [-0.4, -0.2) is 0 Å². The summed E-state index contributed by atoms with van der Waals surface area (Å²) >= 11 is 0. The lowest BCUT2D eigenvalue weighted by Crippen LogP contribution is -2.15. The second-order valence-electron chi connectivity index (χ2n) is 13.7. The minimum atomic E-state index is -0.0696. The van der Waals surface area contributed by atoms with Crippen LogP contribution in [0.4, 0.5) is 17.1 Å². The largest absolute Gasteiger partial charge is 0.309 e. The topological polar surface area (TPSA) is 3.24 Å². The van der Waals surface area contributed by atoms with Crippen LogP contribution in [0.15, 0.2) is 188 Å². The number of rotatable bonds is 6. The molecule has 8 aromatic carbocycles. The van der Waals surface area contributed by atoms with Gasteiger partial charge in [0.1, 0.15) is 0 Å². The molecule has 0 spiro atoms. The third-order valence-corrected chi connectivity index (χ3v) is 10.5. The average Bonchev–Trinajstić information content (AvgIpc) is 3.42. The Morgan fingerprint density at radius 2 is 0.920 bits per heavy atom. The van der Waals surface area contributed by atoms with E-state index in [0.717, 1.165) is 17.1 Å². The molecule has 238 valence electrons.